The standard InChI is InChI=1S/C22H26O4S/c1-22(15-7-9-16(23)10-8-15)14-27-20-13-17(24)11-12-18(20)19(22)5-3-2-4-6-21(25)26/h7-13,19,23-24H,2-6,14H2,1H3,(H,25,26). The summed E-state index contributed by atoms with van der Waals surface area (Å²) in [5.41, 5.74) is 2.36. The van der Waals surface area contributed by atoms with Crippen molar-refractivity contribution in [2.24, 2.45) is 0 Å². The predicted molar refractivity (Wildman–Crippen MR) is 108 cm³/mol. The number of carboxylic acids is 1. The molecule has 2 unspecified atom stereocenters. The van der Waals surface area contributed by atoms with E-state index in [-0.39, 0.29) is 29.3 Å². The highest BCUT2D eigenvalue weighted by molar-refractivity contribution is 7.99. The van der Waals surface area contributed by atoms with Crippen molar-refractivity contribution in [3.8, 4) is 11.5 Å². The minimum Gasteiger partial charge on any atom is -0.508 e. The first kappa shape index (κ1) is 19.6. The second-order valence-corrected chi connectivity index (χ2v) is 8.54. The van der Waals surface area contributed by atoms with Gasteiger partial charge in [-0.2, -0.15) is 0 Å². The lowest BCUT2D eigenvalue weighted by atomic mass is 9.68. The van der Waals surface area contributed by atoms with Gasteiger partial charge in [0.25, 0.3) is 0 Å². The van der Waals surface area contributed by atoms with Crippen LogP contribution in [0.5, 0.6) is 11.5 Å². The van der Waals surface area contributed by atoms with Crippen LogP contribution in [0.4, 0.5) is 0 Å². The first-order valence-electron chi connectivity index (χ1n) is 9.37. The molecule has 3 rings (SSSR count). The van der Waals surface area contributed by atoms with Crippen molar-refractivity contribution in [3.05, 3.63) is 53.6 Å². The third-order valence-corrected chi connectivity index (χ3v) is 6.99. The number of phenols is 2. The molecule has 2 aromatic carbocycles. The highest BCUT2D eigenvalue weighted by Crippen LogP contribution is 2.52. The zero-order chi connectivity index (χ0) is 19.4. The lowest BCUT2D eigenvalue weighted by molar-refractivity contribution is -0.137. The number of aliphatic carboxylic acids is 1. The highest BCUT2D eigenvalue weighted by atomic mass is 32.2. The summed E-state index contributed by atoms with van der Waals surface area (Å²) in [6.45, 7) is 2.27. The molecule has 0 aliphatic carbocycles. The number of fused-ring (bicyclic) bond motifs is 1. The summed E-state index contributed by atoms with van der Waals surface area (Å²) in [6, 6.07) is 13.1. The molecule has 0 amide bonds. The number of carbonyl (C=O) groups is 1. The summed E-state index contributed by atoms with van der Waals surface area (Å²) in [6.07, 6.45) is 3.76. The summed E-state index contributed by atoms with van der Waals surface area (Å²) in [7, 11) is 0. The Hall–Kier alpha value is -2.14. The van der Waals surface area contributed by atoms with Gasteiger partial charge in [0.15, 0.2) is 0 Å². The van der Waals surface area contributed by atoms with Crippen LogP contribution in [0.25, 0.3) is 0 Å². The van der Waals surface area contributed by atoms with E-state index in [1.54, 1.807) is 30.0 Å². The molecule has 2 aromatic rings. The molecule has 2 atom stereocenters. The maximum atomic E-state index is 10.7. The third-order valence-electron chi connectivity index (χ3n) is 5.58. The van der Waals surface area contributed by atoms with Gasteiger partial charge >= 0.3 is 5.97 Å². The summed E-state index contributed by atoms with van der Waals surface area (Å²) in [5.74, 6) is 0.993. The van der Waals surface area contributed by atoms with Crippen LogP contribution in [-0.4, -0.2) is 27.0 Å². The van der Waals surface area contributed by atoms with E-state index in [4.69, 9.17) is 5.11 Å². The van der Waals surface area contributed by atoms with Crippen LogP contribution in [0.3, 0.4) is 0 Å². The number of hydrogen-bond acceptors (Lipinski definition) is 4. The Morgan fingerprint density at radius 2 is 1.78 bits per heavy atom. The van der Waals surface area contributed by atoms with E-state index in [1.165, 1.54) is 11.1 Å². The fraction of sp³-hybridized carbons (Fsp3) is 0.409. The molecule has 0 bridgehead atoms. The van der Waals surface area contributed by atoms with Crippen molar-refractivity contribution in [2.75, 3.05) is 5.75 Å². The Morgan fingerprint density at radius 3 is 2.48 bits per heavy atom. The van der Waals surface area contributed by atoms with Crippen LogP contribution in [-0.2, 0) is 10.2 Å². The van der Waals surface area contributed by atoms with Crippen LogP contribution in [0.2, 0.25) is 0 Å². The number of thioether (sulfide) groups is 1. The van der Waals surface area contributed by atoms with E-state index in [0.29, 0.717) is 6.42 Å². The average molecular weight is 387 g/mol. The SMILES string of the molecule is CC1(c2ccc(O)cc2)CSc2cc(O)ccc2C1CCCCCC(=O)O. The minimum absolute atomic E-state index is 0.0882. The Balaban J connectivity index is 1.86. The first-order chi connectivity index (χ1) is 12.9. The smallest absolute Gasteiger partial charge is 0.303 e. The third kappa shape index (κ3) is 4.41. The van der Waals surface area contributed by atoms with E-state index in [0.717, 1.165) is 29.9 Å². The van der Waals surface area contributed by atoms with Crippen molar-refractivity contribution in [1.82, 2.24) is 0 Å². The highest BCUT2D eigenvalue weighted by Gasteiger charge is 2.41. The van der Waals surface area contributed by atoms with Crippen LogP contribution >= 0.6 is 11.8 Å². The molecular formula is C22H26O4S. The fourth-order valence-electron chi connectivity index (χ4n) is 4.01. The van der Waals surface area contributed by atoms with Gasteiger partial charge in [-0.25, -0.2) is 0 Å². The zero-order valence-corrected chi connectivity index (χ0v) is 16.3. The number of carboxylic acid groups (broad SMARTS) is 1. The van der Waals surface area contributed by atoms with Crippen molar-refractivity contribution in [3.63, 3.8) is 0 Å². The van der Waals surface area contributed by atoms with Gasteiger partial charge in [0.05, 0.1) is 0 Å². The van der Waals surface area contributed by atoms with Gasteiger partial charge < -0.3 is 15.3 Å². The number of hydrogen-bond donors (Lipinski definition) is 3. The van der Waals surface area contributed by atoms with E-state index in [2.05, 4.69) is 6.92 Å². The van der Waals surface area contributed by atoms with Gasteiger partial charge in [-0.3, -0.25) is 4.79 Å². The van der Waals surface area contributed by atoms with E-state index >= 15 is 0 Å². The van der Waals surface area contributed by atoms with E-state index in [9.17, 15) is 15.0 Å². The normalized spacial score (nSPS) is 21.6. The minimum atomic E-state index is -0.737. The molecule has 0 spiro atoms. The molecule has 4 nitrogen and oxygen atoms in total. The molecule has 0 radical (unpaired) electrons. The number of rotatable bonds is 7. The maximum Gasteiger partial charge on any atom is 0.303 e. The second-order valence-electron chi connectivity index (χ2n) is 7.52. The molecule has 0 saturated heterocycles. The van der Waals surface area contributed by atoms with Crippen LogP contribution in [0, 0.1) is 0 Å². The van der Waals surface area contributed by atoms with Gasteiger partial charge in [0.1, 0.15) is 11.5 Å². The molecule has 1 heterocycles. The molecule has 0 aromatic heterocycles. The number of unbranched alkanes of at least 4 members (excludes halogenated alkanes) is 2. The second kappa shape index (κ2) is 8.26. The molecule has 144 valence electrons. The topological polar surface area (TPSA) is 77.8 Å². The van der Waals surface area contributed by atoms with Crippen molar-refractivity contribution >= 4 is 17.7 Å². The summed E-state index contributed by atoms with van der Waals surface area (Å²) >= 11 is 1.76. The molecule has 0 fully saturated rings. The average Bonchev–Trinajstić information content (AvgIpc) is 2.63. The molecule has 1 aliphatic rings. The fourth-order valence-corrected chi connectivity index (χ4v) is 5.41. The summed E-state index contributed by atoms with van der Waals surface area (Å²) in [4.78, 5) is 11.9. The number of aromatic hydroxyl groups is 2. The number of benzene rings is 2. The van der Waals surface area contributed by atoms with Gasteiger partial charge in [-0.15, -0.1) is 11.8 Å². The molecule has 5 heteroatoms. The van der Waals surface area contributed by atoms with E-state index in [1.807, 2.05) is 24.3 Å². The Morgan fingerprint density at radius 1 is 1.07 bits per heavy atom. The van der Waals surface area contributed by atoms with Crippen LogP contribution in [0.15, 0.2) is 47.4 Å². The lowest BCUT2D eigenvalue weighted by Gasteiger charge is -2.43. The Bertz CT molecular complexity index is 802. The summed E-state index contributed by atoms with van der Waals surface area (Å²) < 4.78 is 0. The zero-order valence-electron chi connectivity index (χ0n) is 15.5. The van der Waals surface area contributed by atoms with Crippen molar-refractivity contribution in [2.45, 2.75) is 55.3 Å². The Kier molecular flexibility index (Phi) is 6.00. The van der Waals surface area contributed by atoms with Gasteiger partial charge in [-0.1, -0.05) is 38.0 Å². The lowest BCUT2D eigenvalue weighted by Crippen LogP contribution is -2.36. The van der Waals surface area contributed by atoms with E-state index < -0.39 is 5.97 Å². The Labute approximate surface area is 164 Å². The monoisotopic (exact) mass is 386 g/mol. The van der Waals surface area contributed by atoms with Crippen molar-refractivity contribution < 1.29 is 20.1 Å². The van der Waals surface area contributed by atoms with Crippen molar-refractivity contribution in [1.29, 1.82) is 0 Å². The largest absolute Gasteiger partial charge is 0.508 e. The molecule has 1 aliphatic heterocycles. The molecule has 27 heavy (non-hydrogen) atoms. The van der Waals surface area contributed by atoms with Gasteiger partial charge in [0, 0.05) is 22.5 Å². The van der Waals surface area contributed by atoms with Gasteiger partial charge in [0.2, 0.25) is 0 Å². The molecular weight excluding hydrogens is 360 g/mol. The molecule has 0 saturated carbocycles. The molecule has 3 N–H and O–H groups in total. The quantitative estimate of drug-likeness (QED) is 0.564. The predicted octanol–water partition coefficient (Wildman–Crippen LogP) is 5.28. The maximum absolute atomic E-state index is 10.7. The first-order valence-corrected chi connectivity index (χ1v) is 10.4. The van der Waals surface area contributed by atoms with Crippen LogP contribution in [0.1, 0.15) is 56.1 Å². The van der Waals surface area contributed by atoms with Gasteiger partial charge in [-0.05, 0) is 54.2 Å². The number of phenolic OH excluding ortho intramolecular Hbond substituents is 2. The van der Waals surface area contributed by atoms with Crippen LogP contribution < -0.4 is 0 Å². The summed E-state index contributed by atoms with van der Waals surface area (Å²) in [5, 5.41) is 28.3.